The molecule has 1 heterocycles. The van der Waals surface area contributed by atoms with Crippen molar-refractivity contribution in [1.29, 1.82) is 0 Å². The molecule has 0 spiro atoms. The average molecular weight is 374 g/mol. The van der Waals surface area contributed by atoms with Crippen LogP contribution in [0.2, 0.25) is 0 Å². The van der Waals surface area contributed by atoms with E-state index in [1.54, 1.807) is 29.5 Å². The second-order valence-corrected chi connectivity index (χ2v) is 7.35. The van der Waals surface area contributed by atoms with E-state index in [-0.39, 0.29) is 12.4 Å². The first-order valence-corrected chi connectivity index (χ1v) is 8.13. The third-order valence-corrected chi connectivity index (χ3v) is 4.45. The van der Waals surface area contributed by atoms with Gasteiger partial charge in [0.2, 0.25) is 0 Å². The van der Waals surface area contributed by atoms with Crippen LogP contribution in [0.15, 0.2) is 40.2 Å². The van der Waals surface area contributed by atoms with E-state index >= 15 is 0 Å². The number of para-hydroxylation sites is 1. The first kappa shape index (κ1) is 16.4. The van der Waals surface area contributed by atoms with Gasteiger partial charge in [-0.2, -0.15) is 0 Å². The monoisotopic (exact) mass is 373 g/mol. The minimum Gasteiger partial charge on any atom is -0.488 e. The maximum atomic E-state index is 13.4. The molecule has 0 aliphatic rings. The number of likely N-dealkylation sites (N-methyl/N-ethyl adjacent to an activating group) is 1. The Labute approximate surface area is 136 Å². The molecule has 21 heavy (non-hydrogen) atoms. The number of ether oxygens (including phenoxy) is 1. The highest BCUT2D eigenvalue weighted by Crippen LogP contribution is 2.23. The summed E-state index contributed by atoms with van der Waals surface area (Å²) >= 11 is 5.09. The van der Waals surface area contributed by atoms with Gasteiger partial charge in [-0.15, -0.1) is 11.3 Å². The molecule has 0 radical (unpaired) electrons. The minimum absolute atomic E-state index is 0.0689. The third kappa shape index (κ3) is 5.39. The Balaban J connectivity index is 1.76. The molecule has 2 aromatic rings. The summed E-state index contributed by atoms with van der Waals surface area (Å²) in [7, 11) is 1.93. The molecule has 1 atom stereocenters. The van der Waals surface area contributed by atoms with E-state index in [0.29, 0.717) is 6.54 Å². The number of benzene rings is 1. The molecule has 1 N–H and O–H groups in total. The van der Waals surface area contributed by atoms with Gasteiger partial charge in [-0.05, 0) is 47.2 Å². The summed E-state index contributed by atoms with van der Waals surface area (Å²) in [6.45, 7) is 1.29. The normalized spacial score (nSPS) is 12.6. The first-order valence-electron chi connectivity index (χ1n) is 6.52. The van der Waals surface area contributed by atoms with Crippen molar-refractivity contribution in [2.24, 2.45) is 0 Å². The van der Waals surface area contributed by atoms with Crippen LogP contribution in [0.4, 0.5) is 4.39 Å². The van der Waals surface area contributed by atoms with Crippen molar-refractivity contribution < 1.29 is 14.2 Å². The summed E-state index contributed by atoms with van der Waals surface area (Å²) in [5.41, 5.74) is 0. The van der Waals surface area contributed by atoms with Gasteiger partial charge in [-0.25, -0.2) is 4.39 Å². The van der Waals surface area contributed by atoms with Crippen molar-refractivity contribution in [1.82, 2.24) is 4.90 Å². The fraction of sp³-hybridized carbons (Fsp3) is 0.333. The Morgan fingerprint density at radius 2 is 2.10 bits per heavy atom. The molecule has 0 saturated carbocycles. The van der Waals surface area contributed by atoms with Crippen molar-refractivity contribution in [2.45, 2.75) is 12.6 Å². The molecule has 1 aromatic heterocycles. The molecule has 0 saturated heterocycles. The van der Waals surface area contributed by atoms with E-state index in [1.807, 2.05) is 24.1 Å². The number of nitrogens with zero attached hydrogens (tertiary/aromatic N) is 1. The number of thiophene rings is 1. The number of halogens is 2. The Kier molecular flexibility index (Phi) is 6.17. The molecule has 114 valence electrons. The van der Waals surface area contributed by atoms with Gasteiger partial charge in [-0.1, -0.05) is 12.1 Å². The fourth-order valence-corrected chi connectivity index (χ4v) is 3.49. The van der Waals surface area contributed by atoms with Crippen LogP contribution in [-0.4, -0.2) is 36.3 Å². The molecule has 0 amide bonds. The van der Waals surface area contributed by atoms with Gasteiger partial charge in [0.1, 0.15) is 12.7 Å². The zero-order valence-corrected chi connectivity index (χ0v) is 14.0. The third-order valence-electron chi connectivity index (χ3n) is 2.84. The highest BCUT2D eigenvalue weighted by Gasteiger charge is 2.11. The van der Waals surface area contributed by atoms with E-state index in [1.165, 1.54) is 10.9 Å². The number of hydrogen-bond donors (Lipinski definition) is 1. The summed E-state index contributed by atoms with van der Waals surface area (Å²) in [5.74, 6) is -0.247. The van der Waals surface area contributed by atoms with Crippen molar-refractivity contribution in [2.75, 3.05) is 20.2 Å². The zero-order valence-electron chi connectivity index (χ0n) is 11.6. The molecular formula is C15H17BrFNO2S. The van der Waals surface area contributed by atoms with Crippen molar-refractivity contribution in [3.8, 4) is 5.75 Å². The second kappa shape index (κ2) is 7.89. The Morgan fingerprint density at radius 1 is 1.33 bits per heavy atom. The number of rotatable bonds is 7. The van der Waals surface area contributed by atoms with E-state index in [0.717, 1.165) is 10.3 Å². The number of hydrogen-bond acceptors (Lipinski definition) is 4. The lowest BCUT2D eigenvalue weighted by atomic mass is 10.3. The van der Waals surface area contributed by atoms with Crippen molar-refractivity contribution in [3.05, 3.63) is 50.9 Å². The van der Waals surface area contributed by atoms with Gasteiger partial charge in [-0.3, -0.25) is 4.90 Å². The lowest BCUT2D eigenvalue weighted by molar-refractivity contribution is 0.0731. The van der Waals surface area contributed by atoms with Crippen LogP contribution in [0.25, 0.3) is 0 Å². The molecule has 0 fully saturated rings. The fourth-order valence-electron chi connectivity index (χ4n) is 1.93. The summed E-state index contributed by atoms with van der Waals surface area (Å²) in [4.78, 5) is 3.22. The van der Waals surface area contributed by atoms with Gasteiger partial charge in [0.15, 0.2) is 11.6 Å². The summed E-state index contributed by atoms with van der Waals surface area (Å²) < 4.78 is 19.8. The van der Waals surface area contributed by atoms with Crippen LogP contribution >= 0.6 is 27.3 Å². The van der Waals surface area contributed by atoms with E-state index < -0.39 is 11.9 Å². The summed E-state index contributed by atoms with van der Waals surface area (Å²) in [6.07, 6.45) is -0.669. The Bertz CT molecular complexity index is 578. The predicted molar refractivity (Wildman–Crippen MR) is 86.3 cm³/mol. The zero-order chi connectivity index (χ0) is 15.2. The van der Waals surface area contributed by atoms with Crippen molar-refractivity contribution >= 4 is 27.3 Å². The average Bonchev–Trinajstić information content (AvgIpc) is 2.83. The van der Waals surface area contributed by atoms with Crippen LogP contribution in [0.3, 0.4) is 0 Å². The molecule has 0 bridgehead atoms. The molecule has 1 aromatic carbocycles. The molecule has 6 heteroatoms. The Hall–Kier alpha value is -0.950. The number of aliphatic hydroxyl groups excluding tert-OH is 1. The maximum absolute atomic E-state index is 13.4. The van der Waals surface area contributed by atoms with Gasteiger partial charge >= 0.3 is 0 Å². The maximum Gasteiger partial charge on any atom is 0.165 e. The topological polar surface area (TPSA) is 32.7 Å². The largest absolute Gasteiger partial charge is 0.488 e. The minimum atomic E-state index is -0.669. The van der Waals surface area contributed by atoms with Gasteiger partial charge in [0.05, 0.1) is 3.79 Å². The SMILES string of the molecule is CN(Cc1ccc(Br)s1)CC(O)COc1ccccc1F. The molecule has 0 aliphatic heterocycles. The second-order valence-electron chi connectivity index (χ2n) is 4.80. The lowest BCUT2D eigenvalue weighted by Gasteiger charge is -2.20. The lowest BCUT2D eigenvalue weighted by Crippen LogP contribution is -2.32. The van der Waals surface area contributed by atoms with Crippen LogP contribution in [0.1, 0.15) is 4.88 Å². The summed E-state index contributed by atoms with van der Waals surface area (Å²) in [5, 5.41) is 9.96. The van der Waals surface area contributed by atoms with E-state index in [4.69, 9.17) is 4.74 Å². The molecule has 1 unspecified atom stereocenters. The van der Waals surface area contributed by atoms with Crippen LogP contribution in [0.5, 0.6) is 5.75 Å². The van der Waals surface area contributed by atoms with Gasteiger partial charge in [0.25, 0.3) is 0 Å². The van der Waals surface area contributed by atoms with Crippen LogP contribution < -0.4 is 4.74 Å². The molecule has 3 nitrogen and oxygen atoms in total. The van der Waals surface area contributed by atoms with Crippen LogP contribution in [-0.2, 0) is 6.54 Å². The van der Waals surface area contributed by atoms with Gasteiger partial charge in [0, 0.05) is 18.0 Å². The smallest absolute Gasteiger partial charge is 0.165 e. The number of aliphatic hydroxyl groups is 1. The Morgan fingerprint density at radius 3 is 2.76 bits per heavy atom. The molecule has 2 rings (SSSR count). The van der Waals surface area contributed by atoms with E-state index in [9.17, 15) is 9.50 Å². The van der Waals surface area contributed by atoms with Gasteiger partial charge < -0.3 is 9.84 Å². The highest BCUT2D eigenvalue weighted by atomic mass is 79.9. The summed E-state index contributed by atoms with van der Waals surface area (Å²) in [6, 6.07) is 10.2. The standard InChI is InChI=1S/C15H17BrFNO2S/c1-18(9-12-6-7-15(16)21-12)8-11(19)10-20-14-5-3-2-4-13(14)17/h2-7,11,19H,8-10H2,1H3. The van der Waals surface area contributed by atoms with E-state index in [2.05, 4.69) is 15.9 Å². The molecule has 0 aliphatic carbocycles. The quantitative estimate of drug-likeness (QED) is 0.805. The predicted octanol–water partition coefficient (Wildman–Crippen LogP) is 3.52. The first-order chi connectivity index (χ1) is 10.0. The highest BCUT2D eigenvalue weighted by molar-refractivity contribution is 9.11. The van der Waals surface area contributed by atoms with Crippen molar-refractivity contribution in [3.63, 3.8) is 0 Å². The van der Waals surface area contributed by atoms with Crippen LogP contribution in [0, 0.1) is 5.82 Å². The molecular weight excluding hydrogens is 357 g/mol.